The number of nitrogen functional groups attached to an aromatic ring is 1. The first kappa shape index (κ1) is 13.9. The summed E-state index contributed by atoms with van der Waals surface area (Å²) < 4.78 is 10.1. The van der Waals surface area contributed by atoms with E-state index in [4.69, 9.17) is 15.0 Å². The molecule has 0 aliphatic carbocycles. The minimum atomic E-state index is -0.558. The smallest absolute Gasteiger partial charge is 0.412 e. The number of hydrogen-bond acceptors (Lipinski definition) is 5. The van der Waals surface area contributed by atoms with Crippen LogP contribution in [-0.4, -0.2) is 16.9 Å². The lowest BCUT2D eigenvalue weighted by Crippen LogP contribution is -2.27. The monoisotopic (exact) mass is 275 g/mol. The molecule has 6 heteroatoms. The lowest BCUT2D eigenvalue weighted by Gasteiger charge is -2.20. The zero-order valence-electron chi connectivity index (χ0n) is 11.6. The number of benzene rings is 1. The third-order valence-electron chi connectivity index (χ3n) is 2.37. The van der Waals surface area contributed by atoms with Gasteiger partial charge in [0.15, 0.2) is 0 Å². The number of aromatic nitrogens is 1. The second kappa shape index (κ2) is 5.24. The van der Waals surface area contributed by atoms with Gasteiger partial charge in [0.2, 0.25) is 5.88 Å². The van der Waals surface area contributed by atoms with Gasteiger partial charge < -0.3 is 15.0 Å². The maximum absolute atomic E-state index is 11.8. The van der Waals surface area contributed by atoms with E-state index in [2.05, 4.69) is 10.5 Å². The predicted molar refractivity (Wildman–Crippen MR) is 76.2 cm³/mol. The van der Waals surface area contributed by atoms with E-state index < -0.39 is 11.7 Å². The van der Waals surface area contributed by atoms with E-state index in [1.165, 1.54) is 0 Å². The Kier molecular flexibility index (Phi) is 3.65. The number of nitrogens with two attached hydrogens (primary N) is 1. The molecule has 2 rings (SSSR count). The number of anilines is 2. The van der Waals surface area contributed by atoms with Crippen molar-refractivity contribution in [3.63, 3.8) is 0 Å². The van der Waals surface area contributed by atoms with Gasteiger partial charge in [-0.2, -0.15) is 0 Å². The fourth-order valence-corrected chi connectivity index (χ4v) is 1.65. The zero-order valence-corrected chi connectivity index (χ0v) is 11.6. The number of para-hydroxylation sites is 1. The summed E-state index contributed by atoms with van der Waals surface area (Å²) in [7, 11) is 0. The number of carbonyl (C=O) groups excluding carboxylic acids is 1. The molecule has 2 aromatic rings. The Balaban J connectivity index is 2.23. The summed E-state index contributed by atoms with van der Waals surface area (Å²) in [4.78, 5) is 11.8. The largest absolute Gasteiger partial charge is 0.444 e. The summed E-state index contributed by atoms with van der Waals surface area (Å²) in [5.41, 5.74) is 6.79. The molecular formula is C14H17N3O3. The van der Waals surface area contributed by atoms with Crippen molar-refractivity contribution in [2.75, 3.05) is 11.1 Å². The molecule has 3 N–H and O–H groups in total. The van der Waals surface area contributed by atoms with Gasteiger partial charge in [-0.05, 0) is 26.8 Å². The molecule has 1 aromatic carbocycles. The standard InChI is InChI=1S/C14H17N3O3/c1-14(2,3)19-13(18)16-10-7-5-4-6-9(10)11-8-12(15)20-17-11/h4-8H,15H2,1-3H3,(H,16,18). The third kappa shape index (κ3) is 3.50. The Hall–Kier alpha value is -2.50. The van der Waals surface area contributed by atoms with Crippen LogP contribution in [0, 0.1) is 0 Å². The molecule has 0 aliphatic heterocycles. The van der Waals surface area contributed by atoms with E-state index in [-0.39, 0.29) is 5.88 Å². The van der Waals surface area contributed by atoms with E-state index in [9.17, 15) is 4.79 Å². The van der Waals surface area contributed by atoms with Crippen LogP contribution in [0.4, 0.5) is 16.4 Å². The molecule has 0 saturated carbocycles. The molecule has 0 fully saturated rings. The molecule has 0 bridgehead atoms. The highest BCUT2D eigenvalue weighted by molar-refractivity contribution is 5.91. The minimum absolute atomic E-state index is 0.215. The molecular weight excluding hydrogens is 258 g/mol. The lowest BCUT2D eigenvalue weighted by atomic mass is 10.1. The Labute approximate surface area is 116 Å². The van der Waals surface area contributed by atoms with Crippen molar-refractivity contribution in [2.24, 2.45) is 0 Å². The van der Waals surface area contributed by atoms with Gasteiger partial charge >= 0.3 is 6.09 Å². The molecule has 20 heavy (non-hydrogen) atoms. The van der Waals surface area contributed by atoms with Crippen LogP contribution in [0.25, 0.3) is 11.3 Å². The number of nitrogens with one attached hydrogen (secondary N) is 1. The van der Waals surface area contributed by atoms with Gasteiger partial charge in [0.1, 0.15) is 11.3 Å². The topological polar surface area (TPSA) is 90.4 Å². The molecule has 1 aromatic heterocycles. The summed E-state index contributed by atoms with van der Waals surface area (Å²) >= 11 is 0. The van der Waals surface area contributed by atoms with E-state index in [0.29, 0.717) is 16.9 Å². The number of amides is 1. The average molecular weight is 275 g/mol. The first-order valence-electron chi connectivity index (χ1n) is 6.17. The highest BCUT2D eigenvalue weighted by Crippen LogP contribution is 2.28. The first-order valence-corrected chi connectivity index (χ1v) is 6.17. The van der Waals surface area contributed by atoms with Crippen LogP contribution in [-0.2, 0) is 4.74 Å². The summed E-state index contributed by atoms with van der Waals surface area (Å²) in [6.45, 7) is 5.41. The second-order valence-corrected chi connectivity index (χ2v) is 5.29. The molecule has 6 nitrogen and oxygen atoms in total. The molecule has 1 heterocycles. The van der Waals surface area contributed by atoms with Gasteiger partial charge in [-0.1, -0.05) is 23.4 Å². The summed E-state index contributed by atoms with van der Waals surface area (Å²) in [6.07, 6.45) is -0.526. The molecule has 0 unspecified atom stereocenters. The minimum Gasteiger partial charge on any atom is -0.444 e. The lowest BCUT2D eigenvalue weighted by molar-refractivity contribution is 0.0636. The third-order valence-corrected chi connectivity index (χ3v) is 2.37. The van der Waals surface area contributed by atoms with Crippen molar-refractivity contribution in [3.05, 3.63) is 30.3 Å². The Bertz CT molecular complexity index is 614. The van der Waals surface area contributed by atoms with Crippen LogP contribution in [0.1, 0.15) is 20.8 Å². The molecule has 0 radical (unpaired) electrons. The highest BCUT2D eigenvalue weighted by atomic mass is 16.6. The van der Waals surface area contributed by atoms with E-state index >= 15 is 0 Å². The number of rotatable bonds is 2. The molecule has 0 aliphatic rings. The number of carbonyl (C=O) groups is 1. The van der Waals surface area contributed by atoms with Gasteiger partial charge in [-0.3, -0.25) is 5.32 Å². The van der Waals surface area contributed by atoms with Crippen LogP contribution >= 0.6 is 0 Å². The van der Waals surface area contributed by atoms with Gasteiger partial charge in [0.25, 0.3) is 0 Å². The van der Waals surface area contributed by atoms with Gasteiger partial charge in [-0.15, -0.1) is 0 Å². The van der Waals surface area contributed by atoms with E-state index in [1.807, 2.05) is 12.1 Å². The van der Waals surface area contributed by atoms with Crippen LogP contribution in [0.5, 0.6) is 0 Å². The second-order valence-electron chi connectivity index (χ2n) is 5.29. The molecule has 0 atom stereocenters. The number of ether oxygens (including phenoxy) is 1. The Morgan fingerprint density at radius 2 is 2.05 bits per heavy atom. The van der Waals surface area contributed by atoms with Crippen molar-refractivity contribution in [1.82, 2.24) is 5.16 Å². The summed E-state index contributed by atoms with van der Waals surface area (Å²) in [5.74, 6) is 0.215. The highest BCUT2D eigenvalue weighted by Gasteiger charge is 2.18. The van der Waals surface area contributed by atoms with Crippen LogP contribution in [0.15, 0.2) is 34.9 Å². The molecule has 0 spiro atoms. The fraction of sp³-hybridized carbons (Fsp3) is 0.286. The SMILES string of the molecule is CC(C)(C)OC(=O)Nc1ccccc1-c1cc(N)on1. The zero-order chi connectivity index (χ0) is 14.8. The Morgan fingerprint density at radius 1 is 1.35 bits per heavy atom. The predicted octanol–water partition coefficient (Wildman–Crippen LogP) is 3.27. The quantitative estimate of drug-likeness (QED) is 0.877. The molecule has 0 saturated heterocycles. The molecule has 106 valence electrons. The van der Waals surface area contributed by atoms with Crippen molar-refractivity contribution >= 4 is 17.7 Å². The average Bonchev–Trinajstić information content (AvgIpc) is 2.74. The van der Waals surface area contributed by atoms with Gasteiger partial charge in [0, 0.05) is 11.6 Å². The van der Waals surface area contributed by atoms with Crippen LogP contribution in [0.2, 0.25) is 0 Å². The van der Waals surface area contributed by atoms with Crippen molar-refractivity contribution in [2.45, 2.75) is 26.4 Å². The summed E-state index contributed by atoms with van der Waals surface area (Å²) in [5, 5.41) is 6.53. The maximum Gasteiger partial charge on any atom is 0.412 e. The van der Waals surface area contributed by atoms with Crippen molar-refractivity contribution in [3.8, 4) is 11.3 Å². The molecule has 1 amide bonds. The summed E-state index contributed by atoms with van der Waals surface area (Å²) in [6, 6.07) is 8.80. The fourth-order valence-electron chi connectivity index (χ4n) is 1.65. The van der Waals surface area contributed by atoms with Crippen LogP contribution in [0.3, 0.4) is 0 Å². The van der Waals surface area contributed by atoms with E-state index in [0.717, 1.165) is 0 Å². The maximum atomic E-state index is 11.8. The number of nitrogens with zero attached hydrogens (tertiary/aromatic N) is 1. The Morgan fingerprint density at radius 3 is 2.65 bits per heavy atom. The first-order chi connectivity index (χ1) is 9.35. The normalized spacial score (nSPS) is 11.2. The van der Waals surface area contributed by atoms with Gasteiger partial charge in [0.05, 0.1) is 5.69 Å². The number of hydrogen-bond donors (Lipinski definition) is 2. The van der Waals surface area contributed by atoms with Crippen molar-refractivity contribution in [1.29, 1.82) is 0 Å². The van der Waals surface area contributed by atoms with Crippen LogP contribution < -0.4 is 11.1 Å². The van der Waals surface area contributed by atoms with Gasteiger partial charge in [-0.25, -0.2) is 4.79 Å². The van der Waals surface area contributed by atoms with E-state index in [1.54, 1.807) is 39.0 Å². The van der Waals surface area contributed by atoms with Crippen molar-refractivity contribution < 1.29 is 14.1 Å².